The molecule has 0 radical (unpaired) electrons. The molecule has 6 heterocycles. The van der Waals surface area contributed by atoms with Gasteiger partial charge in [0.05, 0.1) is 38.8 Å². The quantitative estimate of drug-likeness (QED) is 0.165. The second-order valence-corrected chi connectivity index (χ2v) is 19.5. The summed E-state index contributed by atoms with van der Waals surface area (Å²) in [6, 6.07) is 65.9. The topological polar surface area (TPSA) is 87.7 Å². The molecule has 74 heavy (non-hydrogen) atoms. The molecule has 0 saturated carbocycles. The fourth-order valence-electron chi connectivity index (χ4n) is 11.9. The summed E-state index contributed by atoms with van der Waals surface area (Å²) in [6.07, 6.45) is 10.5. The largest absolute Gasteiger partial charge is 0.460 e. The second kappa shape index (κ2) is 15.9. The molecule has 6 aromatic heterocycles. The van der Waals surface area contributed by atoms with Crippen molar-refractivity contribution in [3.63, 3.8) is 0 Å². The van der Waals surface area contributed by atoms with Crippen molar-refractivity contribution < 1.29 is 8.83 Å². The van der Waals surface area contributed by atoms with Crippen LogP contribution in [0.5, 0.6) is 0 Å². The van der Waals surface area contributed by atoms with Gasteiger partial charge in [0.25, 0.3) is 0 Å². The molecule has 0 amide bonds. The summed E-state index contributed by atoms with van der Waals surface area (Å²) in [5.74, 6) is 3.19. The molecule has 348 valence electrons. The highest BCUT2D eigenvalue weighted by Crippen LogP contribution is 2.46. The normalized spacial score (nSPS) is 13.5. The highest BCUT2D eigenvalue weighted by molar-refractivity contribution is 6.15. The molecule has 0 saturated heterocycles. The summed E-state index contributed by atoms with van der Waals surface area (Å²) in [5.41, 5.74) is 17.7. The van der Waals surface area contributed by atoms with Crippen molar-refractivity contribution in [1.82, 2.24) is 29.1 Å². The molecular weight excluding hydrogens is 909 g/mol. The van der Waals surface area contributed by atoms with E-state index < -0.39 is 0 Å². The van der Waals surface area contributed by atoms with Crippen molar-refractivity contribution in [2.24, 2.45) is 0 Å². The van der Waals surface area contributed by atoms with E-state index >= 15 is 0 Å². The van der Waals surface area contributed by atoms with Gasteiger partial charge in [0.1, 0.15) is 33.9 Å². The summed E-state index contributed by atoms with van der Waals surface area (Å²) in [5, 5.41) is 6.37. The van der Waals surface area contributed by atoms with Gasteiger partial charge in [-0.25, -0.2) is 19.9 Å². The Labute approximate surface area is 423 Å². The van der Waals surface area contributed by atoms with Crippen molar-refractivity contribution in [3.8, 4) is 45.4 Å². The summed E-state index contributed by atoms with van der Waals surface area (Å²) in [6.45, 7) is 0. The summed E-state index contributed by atoms with van der Waals surface area (Å²) < 4.78 is 18.2. The number of hydrogen-bond acceptors (Lipinski definition) is 6. The smallest absolute Gasteiger partial charge is 0.235 e. The molecule has 0 N–H and O–H groups in total. The van der Waals surface area contributed by atoms with Crippen LogP contribution in [-0.4, -0.2) is 29.1 Å². The summed E-state index contributed by atoms with van der Waals surface area (Å²) in [7, 11) is 0. The summed E-state index contributed by atoms with van der Waals surface area (Å²) in [4.78, 5) is 21.9. The fourth-order valence-corrected chi connectivity index (χ4v) is 11.9. The predicted octanol–water partition coefficient (Wildman–Crippen LogP) is 16.4. The Bertz CT molecular complexity index is 4720. The molecule has 0 bridgehead atoms. The first kappa shape index (κ1) is 41.0. The molecule has 0 unspecified atom stereocenters. The number of aryl methyl sites for hydroxylation is 1. The van der Waals surface area contributed by atoms with Crippen molar-refractivity contribution >= 4 is 88.2 Å². The Morgan fingerprint density at radius 3 is 2.05 bits per heavy atom. The van der Waals surface area contributed by atoms with Crippen LogP contribution in [0.4, 0.5) is 0 Å². The van der Waals surface area contributed by atoms with Crippen LogP contribution >= 0.6 is 0 Å². The van der Waals surface area contributed by atoms with Gasteiger partial charge in [-0.15, -0.1) is 0 Å². The number of benzene rings is 8. The average molecular weight is 951 g/mol. The van der Waals surface area contributed by atoms with Crippen LogP contribution in [0.25, 0.3) is 134 Å². The number of hydrogen-bond donors (Lipinski definition) is 0. The Morgan fingerprint density at radius 2 is 1.19 bits per heavy atom. The maximum Gasteiger partial charge on any atom is 0.235 e. The Kier molecular flexibility index (Phi) is 8.82. The van der Waals surface area contributed by atoms with E-state index in [0.29, 0.717) is 11.8 Å². The highest BCUT2D eigenvalue weighted by atomic mass is 16.3. The van der Waals surface area contributed by atoms with Crippen LogP contribution in [0.2, 0.25) is 0 Å². The van der Waals surface area contributed by atoms with Crippen LogP contribution < -0.4 is 0 Å². The molecule has 14 aromatic rings. The van der Waals surface area contributed by atoms with Gasteiger partial charge in [0.15, 0.2) is 5.82 Å². The maximum atomic E-state index is 6.92. The van der Waals surface area contributed by atoms with Crippen molar-refractivity contribution in [2.75, 3.05) is 0 Å². The average Bonchev–Trinajstić information content (AvgIpc) is 4.24. The minimum Gasteiger partial charge on any atom is -0.460 e. The first-order valence-electron chi connectivity index (χ1n) is 25.4. The van der Waals surface area contributed by atoms with Crippen LogP contribution in [0.1, 0.15) is 41.2 Å². The SMILES string of the molecule is C1=Cc2c(oc3c2CCC=C3c2nc(-c3cccc4c3oc3ccccc34)nc3c4cc(-c5ccc6c(c5)c5ccccc5n6-c5nc(-c6ccccc6)c6ccccc6n5)ccc4n(-c4ccccc4)c23)CC1. The zero-order chi connectivity index (χ0) is 48.4. The lowest BCUT2D eigenvalue weighted by atomic mass is 9.90. The van der Waals surface area contributed by atoms with Gasteiger partial charge in [-0.05, 0) is 91.1 Å². The molecule has 0 fully saturated rings. The minimum absolute atomic E-state index is 0.597. The summed E-state index contributed by atoms with van der Waals surface area (Å²) >= 11 is 0. The molecule has 0 atom stereocenters. The maximum absolute atomic E-state index is 6.92. The second-order valence-electron chi connectivity index (χ2n) is 19.5. The van der Waals surface area contributed by atoms with Crippen molar-refractivity contribution in [2.45, 2.75) is 25.7 Å². The molecule has 2 aliphatic rings. The van der Waals surface area contributed by atoms with E-state index in [1.165, 1.54) is 11.1 Å². The van der Waals surface area contributed by atoms with Gasteiger partial charge in [0, 0.05) is 66.7 Å². The van der Waals surface area contributed by atoms with Crippen LogP contribution in [0.15, 0.2) is 209 Å². The molecular formula is C66H42N6O2. The monoisotopic (exact) mass is 950 g/mol. The van der Waals surface area contributed by atoms with Gasteiger partial charge < -0.3 is 13.4 Å². The Morgan fingerprint density at radius 1 is 0.473 bits per heavy atom. The van der Waals surface area contributed by atoms with E-state index in [0.717, 1.165) is 159 Å². The number of rotatable bonds is 6. The number of allylic oxidation sites excluding steroid dienone is 2. The molecule has 8 heteroatoms. The highest BCUT2D eigenvalue weighted by Gasteiger charge is 2.31. The first-order chi connectivity index (χ1) is 36.7. The molecule has 8 nitrogen and oxygen atoms in total. The lowest BCUT2D eigenvalue weighted by molar-refractivity contribution is 0.493. The van der Waals surface area contributed by atoms with Crippen molar-refractivity contribution in [1.29, 1.82) is 0 Å². The Balaban J connectivity index is 0.943. The van der Waals surface area contributed by atoms with Gasteiger partial charge in [-0.2, -0.15) is 0 Å². The van der Waals surface area contributed by atoms with Crippen LogP contribution in [-0.2, 0) is 12.8 Å². The molecule has 2 aliphatic carbocycles. The fraction of sp³-hybridized carbons (Fsp3) is 0.0606. The van der Waals surface area contributed by atoms with Gasteiger partial charge in [-0.1, -0.05) is 146 Å². The lowest BCUT2D eigenvalue weighted by Gasteiger charge is -2.17. The molecule has 16 rings (SSSR count). The van der Waals surface area contributed by atoms with Crippen molar-refractivity contribution in [3.05, 3.63) is 229 Å². The van der Waals surface area contributed by atoms with Crippen LogP contribution in [0, 0.1) is 0 Å². The first-order valence-corrected chi connectivity index (χ1v) is 25.4. The molecule has 0 aliphatic heterocycles. The zero-order valence-corrected chi connectivity index (χ0v) is 40.0. The van der Waals surface area contributed by atoms with E-state index in [1.807, 2.05) is 24.3 Å². The number of aromatic nitrogens is 6. The number of para-hydroxylation sites is 5. The third-order valence-electron chi connectivity index (χ3n) is 15.3. The van der Waals surface area contributed by atoms with Crippen LogP contribution in [0.3, 0.4) is 0 Å². The zero-order valence-electron chi connectivity index (χ0n) is 40.0. The van der Waals surface area contributed by atoms with E-state index in [2.05, 4.69) is 191 Å². The van der Waals surface area contributed by atoms with E-state index in [-0.39, 0.29) is 0 Å². The molecule has 8 aromatic carbocycles. The lowest BCUT2D eigenvalue weighted by Crippen LogP contribution is -2.06. The molecule has 0 spiro atoms. The predicted molar refractivity (Wildman–Crippen MR) is 299 cm³/mol. The minimum atomic E-state index is 0.597. The van der Waals surface area contributed by atoms with E-state index in [9.17, 15) is 0 Å². The van der Waals surface area contributed by atoms with Gasteiger partial charge in [0.2, 0.25) is 5.95 Å². The number of furan rings is 2. The number of fused-ring (bicyclic) bond motifs is 13. The number of nitrogens with zero attached hydrogens (tertiary/aromatic N) is 6. The van der Waals surface area contributed by atoms with Gasteiger partial charge in [-0.3, -0.25) is 4.57 Å². The third-order valence-corrected chi connectivity index (χ3v) is 15.3. The van der Waals surface area contributed by atoms with Gasteiger partial charge >= 0.3 is 0 Å². The third kappa shape index (κ3) is 6.08. The van der Waals surface area contributed by atoms with E-state index in [4.69, 9.17) is 28.8 Å². The standard InChI is InChI=1S/C66H42N6O2/c1-3-17-39(18-4-1)59-48-24-7-11-29-53(48)67-66(70-59)72-54-30-12-8-21-43(54)51-37-40(33-35-55(51)72)41-34-36-56-52(38-41)61-62(71(56)42-19-5-2-6-20-42)60(49-27-15-25-46-44-22-9-13-31-57(44)73-63(46)49)68-65(69-61)50-28-16-26-47-45-23-10-14-32-58(45)74-64(47)50/h1-12,14,16-24,26-30,32-38H,13,15,25,31H2. The van der Waals surface area contributed by atoms with E-state index in [1.54, 1.807) is 0 Å². The Hall–Kier alpha value is -9.66.